The molecule has 0 aromatic carbocycles. The molecule has 0 aliphatic rings. The number of Topliss-reactive ketones (excluding diaryl/α,β-unsaturated/α-hetero) is 1. The summed E-state index contributed by atoms with van der Waals surface area (Å²) in [6.45, 7) is 3.40. The molecule has 2 aromatic heterocycles. The molecule has 0 radical (unpaired) electrons. The first kappa shape index (κ1) is 9.55. The zero-order valence-corrected chi connectivity index (χ0v) is 9.24. The molecule has 0 unspecified atom stereocenters. The number of carbonyl (C=O) groups is 1. The van der Waals surface area contributed by atoms with Gasteiger partial charge in [-0.05, 0) is 13.0 Å². The Hall–Kier alpha value is -1.00. The van der Waals surface area contributed by atoms with Gasteiger partial charge in [0.25, 0.3) is 0 Å². The van der Waals surface area contributed by atoms with Gasteiger partial charge in [0.2, 0.25) is 0 Å². The lowest BCUT2D eigenvalue weighted by atomic mass is 10.3. The van der Waals surface area contributed by atoms with E-state index in [1.165, 1.54) is 18.3 Å². The predicted molar refractivity (Wildman–Crippen MR) is 57.2 cm³/mol. The van der Waals surface area contributed by atoms with E-state index in [4.69, 9.17) is 11.6 Å². The van der Waals surface area contributed by atoms with Gasteiger partial charge in [-0.3, -0.25) is 4.79 Å². The molecular weight excluding hydrogens is 220 g/mol. The topological polar surface area (TPSA) is 42.9 Å². The molecule has 0 amide bonds. The molecule has 2 aromatic rings. The molecule has 5 heteroatoms. The summed E-state index contributed by atoms with van der Waals surface area (Å²) in [6, 6.07) is 1.92. The second-order valence-electron chi connectivity index (χ2n) is 2.97. The van der Waals surface area contributed by atoms with E-state index in [0.29, 0.717) is 5.15 Å². The minimum absolute atomic E-state index is 0.167. The van der Waals surface area contributed by atoms with E-state index in [0.717, 1.165) is 15.1 Å². The molecular formula is C9H7ClN2OS. The number of fused-ring (bicyclic) bond motifs is 1. The lowest BCUT2D eigenvalue weighted by Crippen LogP contribution is -2.00. The Labute approximate surface area is 89.8 Å². The highest BCUT2D eigenvalue weighted by atomic mass is 35.5. The quantitative estimate of drug-likeness (QED) is 0.555. The Balaban J connectivity index is 2.77. The fraction of sp³-hybridized carbons (Fsp3) is 0.222. The normalized spacial score (nSPS) is 10.8. The third kappa shape index (κ3) is 1.51. The van der Waals surface area contributed by atoms with Gasteiger partial charge in [0, 0.05) is 17.2 Å². The van der Waals surface area contributed by atoms with Crippen LogP contribution in [0.1, 0.15) is 22.4 Å². The molecule has 0 saturated heterocycles. The van der Waals surface area contributed by atoms with Gasteiger partial charge in [-0.25, -0.2) is 9.97 Å². The zero-order valence-electron chi connectivity index (χ0n) is 7.67. The van der Waals surface area contributed by atoms with Crippen LogP contribution in [0.25, 0.3) is 10.2 Å². The van der Waals surface area contributed by atoms with Crippen LogP contribution in [0.15, 0.2) is 6.07 Å². The summed E-state index contributed by atoms with van der Waals surface area (Å²) in [5.74, 6) is 0.0178. The van der Waals surface area contributed by atoms with Crippen LogP contribution in [0.3, 0.4) is 0 Å². The molecule has 2 rings (SSSR count). The average molecular weight is 227 g/mol. The first-order valence-corrected chi connectivity index (χ1v) is 5.22. The molecule has 0 saturated carbocycles. The van der Waals surface area contributed by atoms with Gasteiger partial charge in [0.1, 0.15) is 9.98 Å². The van der Waals surface area contributed by atoms with Crippen LogP contribution >= 0.6 is 22.9 Å². The summed E-state index contributed by atoms with van der Waals surface area (Å²) in [6.07, 6.45) is 0. The number of aromatic nitrogens is 2. The highest BCUT2D eigenvalue weighted by molar-refractivity contribution is 7.18. The van der Waals surface area contributed by atoms with Gasteiger partial charge in [-0.2, -0.15) is 0 Å². The van der Waals surface area contributed by atoms with Crippen molar-refractivity contribution in [2.45, 2.75) is 13.8 Å². The number of carbonyl (C=O) groups excluding carboxylic acids is 1. The predicted octanol–water partition coefficient (Wildman–Crippen LogP) is 2.86. The number of nitrogens with zero attached hydrogens (tertiary/aromatic N) is 2. The number of rotatable bonds is 1. The van der Waals surface area contributed by atoms with Crippen molar-refractivity contribution in [2.75, 3.05) is 0 Å². The minimum atomic E-state index is -0.167. The van der Waals surface area contributed by atoms with Crippen molar-refractivity contribution in [3.63, 3.8) is 0 Å². The first-order valence-electron chi connectivity index (χ1n) is 4.02. The Kier molecular flexibility index (Phi) is 2.25. The Morgan fingerprint density at radius 1 is 1.50 bits per heavy atom. The van der Waals surface area contributed by atoms with Crippen molar-refractivity contribution < 1.29 is 4.79 Å². The Morgan fingerprint density at radius 3 is 2.86 bits per heavy atom. The number of aryl methyl sites for hydroxylation is 1. The van der Waals surface area contributed by atoms with Gasteiger partial charge in [-0.15, -0.1) is 11.3 Å². The number of hydrogen-bond acceptors (Lipinski definition) is 4. The molecule has 72 valence electrons. The first-order chi connectivity index (χ1) is 6.58. The maximum absolute atomic E-state index is 11.1. The summed E-state index contributed by atoms with van der Waals surface area (Å²) in [5, 5.41) is 1.17. The van der Waals surface area contributed by atoms with Crippen LogP contribution in [0.5, 0.6) is 0 Å². The monoisotopic (exact) mass is 226 g/mol. The van der Waals surface area contributed by atoms with E-state index in [-0.39, 0.29) is 11.6 Å². The number of thiophene rings is 1. The van der Waals surface area contributed by atoms with Crippen LogP contribution in [0, 0.1) is 6.92 Å². The van der Waals surface area contributed by atoms with Gasteiger partial charge in [-0.1, -0.05) is 11.6 Å². The summed E-state index contributed by atoms with van der Waals surface area (Å²) in [7, 11) is 0. The lowest BCUT2D eigenvalue weighted by Gasteiger charge is -1.95. The average Bonchev–Trinajstić information content (AvgIpc) is 2.45. The van der Waals surface area contributed by atoms with Crippen LogP contribution in [-0.4, -0.2) is 15.8 Å². The van der Waals surface area contributed by atoms with E-state index in [1.807, 2.05) is 13.0 Å². The van der Waals surface area contributed by atoms with Crippen LogP contribution in [0.2, 0.25) is 5.15 Å². The largest absolute Gasteiger partial charge is 0.291 e. The minimum Gasteiger partial charge on any atom is -0.291 e. The highest BCUT2D eigenvalue weighted by Gasteiger charge is 2.11. The third-order valence-corrected chi connectivity index (χ3v) is 3.02. The van der Waals surface area contributed by atoms with Gasteiger partial charge in [0.15, 0.2) is 11.6 Å². The third-order valence-electron chi connectivity index (χ3n) is 1.78. The second kappa shape index (κ2) is 3.29. The highest BCUT2D eigenvalue weighted by Crippen LogP contribution is 2.28. The Morgan fingerprint density at radius 2 is 2.21 bits per heavy atom. The van der Waals surface area contributed by atoms with Crippen LogP contribution in [-0.2, 0) is 0 Å². The summed E-state index contributed by atoms with van der Waals surface area (Å²) in [5.41, 5.74) is 0. The van der Waals surface area contributed by atoms with E-state index in [1.54, 1.807) is 0 Å². The maximum atomic E-state index is 11.1. The van der Waals surface area contributed by atoms with E-state index < -0.39 is 0 Å². The van der Waals surface area contributed by atoms with Crippen molar-refractivity contribution in [2.24, 2.45) is 0 Å². The molecule has 0 fully saturated rings. The van der Waals surface area contributed by atoms with Crippen LogP contribution in [0.4, 0.5) is 0 Å². The number of halogens is 1. The maximum Gasteiger partial charge on any atom is 0.198 e. The molecule has 0 aliphatic carbocycles. The van der Waals surface area contributed by atoms with Crippen LogP contribution < -0.4 is 0 Å². The molecule has 0 N–H and O–H groups in total. The molecule has 0 atom stereocenters. The van der Waals surface area contributed by atoms with Gasteiger partial charge in [0.05, 0.1) is 0 Å². The SMILES string of the molecule is CC(=O)c1nc(Cl)c2cc(C)sc2n1. The molecule has 2 heterocycles. The fourth-order valence-electron chi connectivity index (χ4n) is 1.16. The molecule has 14 heavy (non-hydrogen) atoms. The molecule has 0 bridgehead atoms. The fourth-order valence-corrected chi connectivity index (χ4v) is 2.32. The number of ketones is 1. The van der Waals surface area contributed by atoms with Gasteiger partial charge >= 0.3 is 0 Å². The number of hydrogen-bond donors (Lipinski definition) is 0. The van der Waals surface area contributed by atoms with Gasteiger partial charge < -0.3 is 0 Å². The summed E-state index contributed by atoms with van der Waals surface area (Å²) >= 11 is 7.43. The molecule has 0 aliphatic heterocycles. The smallest absolute Gasteiger partial charge is 0.198 e. The van der Waals surface area contributed by atoms with Crippen molar-refractivity contribution >= 4 is 38.9 Å². The Bertz CT molecular complexity index is 521. The van der Waals surface area contributed by atoms with Crippen molar-refractivity contribution in [1.82, 2.24) is 9.97 Å². The second-order valence-corrected chi connectivity index (χ2v) is 4.56. The standard InChI is InChI=1S/C9H7ClN2OS/c1-4-3-6-7(10)11-8(5(2)13)12-9(6)14-4/h3H,1-2H3. The van der Waals surface area contributed by atoms with E-state index in [9.17, 15) is 4.79 Å². The van der Waals surface area contributed by atoms with E-state index >= 15 is 0 Å². The van der Waals surface area contributed by atoms with Crippen molar-refractivity contribution in [3.8, 4) is 0 Å². The van der Waals surface area contributed by atoms with Crippen molar-refractivity contribution in [1.29, 1.82) is 0 Å². The van der Waals surface area contributed by atoms with Crippen molar-refractivity contribution in [3.05, 3.63) is 21.9 Å². The summed E-state index contributed by atoms with van der Waals surface area (Å²) in [4.78, 5) is 21.0. The summed E-state index contributed by atoms with van der Waals surface area (Å²) < 4.78 is 0. The molecule has 0 spiro atoms. The lowest BCUT2D eigenvalue weighted by molar-refractivity contribution is 0.100. The van der Waals surface area contributed by atoms with E-state index in [2.05, 4.69) is 9.97 Å². The zero-order chi connectivity index (χ0) is 10.3. The molecule has 3 nitrogen and oxygen atoms in total.